The van der Waals surface area contributed by atoms with Gasteiger partial charge in [0.1, 0.15) is 18.4 Å². The number of methoxy groups -OCH3 is 1. The van der Waals surface area contributed by atoms with Gasteiger partial charge >= 0.3 is 0 Å². The van der Waals surface area contributed by atoms with Gasteiger partial charge < -0.3 is 35.9 Å². The van der Waals surface area contributed by atoms with Crippen molar-refractivity contribution in [3.8, 4) is 5.75 Å². The molecule has 13 nitrogen and oxygen atoms in total. The van der Waals surface area contributed by atoms with E-state index in [1.807, 2.05) is 17.0 Å². The Morgan fingerprint density at radius 2 is 1.85 bits per heavy atom. The van der Waals surface area contributed by atoms with Crippen molar-refractivity contribution >= 4 is 86.3 Å². The van der Waals surface area contributed by atoms with Crippen molar-refractivity contribution in [2.75, 3.05) is 63.9 Å². The Balaban J connectivity index is 1.76. The van der Waals surface area contributed by atoms with Crippen molar-refractivity contribution in [3.05, 3.63) is 59.1 Å². The van der Waals surface area contributed by atoms with E-state index >= 15 is 0 Å². The molecule has 0 aliphatic carbocycles. The summed E-state index contributed by atoms with van der Waals surface area (Å²) in [4.78, 5) is 37.9. The minimum atomic E-state index is -2.84. The zero-order valence-corrected chi connectivity index (χ0v) is 28.9. The summed E-state index contributed by atoms with van der Waals surface area (Å²) in [5.41, 5.74) is 16.4. The summed E-state index contributed by atoms with van der Waals surface area (Å²) in [5, 5.41) is 3.79. The Hall–Kier alpha value is -4.55. The number of nitrogens with one attached hydrogen (secondary N) is 1. The van der Waals surface area contributed by atoms with E-state index in [0.29, 0.717) is 69.7 Å². The van der Waals surface area contributed by atoms with Gasteiger partial charge in [0.15, 0.2) is 5.84 Å². The first-order chi connectivity index (χ1) is 22.0. The number of allylic oxidation sites excluding steroid dienone is 1. The number of fused-ring (bicyclic) bond motifs is 1. The lowest BCUT2D eigenvalue weighted by Gasteiger charge is -2.37. The molecule has 1 aromatic heterocycles. The van der Waals surface area contributed by atoms with Crippen molar-refractivity contribution in [2.24, 2.45) is 26.4 Å². The van der Waals surface area contributed by atoms with Crippen LogP contribution < -0.4 is 31.7 Å². The average molecular weight is 710 g/mol. The lowest BCUT2D eigenvalue weighted by Crippen LogP contribution is -2.48. The number of ether oxygens (including phenoxy) is 1. The van der Waals surface area contributed by atoms with Gasteiger partial charge in [-0.3, -0.25) is 19.8 Å². The van der Waals surface area contributed by atoms with E-state index in [1.54, 1.807) is 71.4 Å². The number of carbonyl (C=O) groups is 1. The van der Waals surface area contributed by atoms with Crippen LogP contribution in [0.4, 0.5) is 17.1 Å². The molecule has 242 valence electrons. The van der Waals surface area contributed by atoms with E-state index in [1.165, 1.54) is 6.20 Å². The number of amides is 1. The van der Waals surface area contributed by atoms with Gasteiger partial charge in [0.05, 0.1) is 40.1 Å². The zero-order valence-electron chi connectivity index (χ0n) is 26.4. The number of nitrogens with two attached hydrogens (primary N) is 2. The molecule has 0 radical (unpaired) electrons. The lowest BCUT2D eigenvalue weighted by molar-refractivity contribution is -0.129. The van der Waals surface area contributed by atoms with Gasteiger partial charge in [-0.25, -0.2) is 9.98 Å². The second-order valence-corrected chi connectivity index (χ2v) is 14.6. The number of amidine groups is 1. The molecule has 46 heavy (non-hydrogen) atoms. The summed E-state index contributed by atoms with van der Waals surface area (Å²) >= 11 is 3.58. The number of nitrogens with zero attached hydrogens (tertiary/aromatic N) is 7. The number of hydrogen-bond acceptors (Lipinski definition) is 10. The number of hydrogen-bond donors (Lipinski definition) is 3. The van der Waals surface area contributed by atoms with Crippen molar-refractivity contribution in [3.63, 3.8) is 0 Å². The topological polar surface area (TPSA) is 177 Å². The first-order valence-electron chi connectivity index (χ1n) is 14.3. The Bertz CT molecular complexity index is 1810. The number of benzene rings is 2. The maximum atomic E-state index is 13.4. The molecule has 0 bridgehead atoms. The molecule has 3 aromatic rings. The highest BCUT2D eigenvalue weighted by Gasteiger charge is 2.24. The third-order valence-electron chi connectivity index (χ3n) is 7.26. The molecule has 5 N–H and O–H groups in total. The summed E-state index contributed by atoms with van der Waals surface area (Å²) in [5.74, 6) is 0.858. The van der Waals surface area contributed by atoms with Crippen LogP contribution in [-0.4, -0.2) is 92.8 Å². The Labute approximate surface area is 276 Å². The minimum Gasteiger partial charge on any atom is -0.494 e. The molecule has 2 aromatic carbocycles. The number of aromatic nitrogens is 2. The van der Waals surface area contributed by atoms with Gasteiger partial charge in [-0.05, 0) is 47.5 Å². The molecule has 0 atom stereocenters. The Kier molecular flexibility index (Phi) is 11.3. The van der Waals surface area contributed by atoms with Crippen molar-refractivity contribution in [1.29, 1.82) is 0 Å². The Morgan fingerprint density at radius 1 is 1.13 bits per heavy atom. The van der Waals surface area contributed by atoms with Crippen LogP contribution in [0.1, 0.15) is 12.5 Å². The fraction of sp³-hybridized carbons (Fsp3) is 0.290. The van der Waals surface area contributed by atoms with E-state index in [2.05, 4.69) is 46.1 Å². The molecule has 0 spiro atoms. The van der Waals surface area contributed by atoms with Crippen molar-refractivity contribution in [1.82, 2.24) is 14.9 Å². The van der Waals surface area contributed by atoms with Gasteiger partial charge in [0.25, 0.3) is 0 Å². The van der Waals surface area contributed by atoms with Crippen LogP contribution in [0.5, 0.6) is 5.75 Å². The minimum absolute atomic E-state index is 0.0563. The van der Waals surface area contributed by atoms with Crippen LogP contribution in [0.3, 0.4) is 0 Å². The molecule has 4 rings (SSSR count). The molecular formula is C31H38BrN10O3P. The predicted octanol–water partition coefficient (Wildman–Crippen LogP) is 3.92. The molecule has 0 unspecified atom stereocenters. The summed E-state index contributed by atoms with van der Waals surface area (Å²) in [7, 11) is 0.432. The smallest absolute Gasteiger partial charge is 0.219 e. The lowest BCUT2D eigenvalue weighted by atomic mass is 10.0. The molecule has 2 heterocycles. The average Bonchev–Trinajstić information content (AvgIpc) is 3.04. The SMILES string of the molecule is CN=CC(=CN)c1cc(NC=C(Br)C(N=CN)=Nc2ccc3nccnc3c2P(C)(C)=O)c(OC)cc1N1CCN(C(C)=O)CC1. The van der Waals surface area contributed by atoms with Gasteiger partial charge in [-0.15, -0.1) is 0 Å². The van der Waals surface area contributed by atoms with Crippen molar-refractivity contribution < 1.29 is 14.1 Å². The zero-order chi connectivity index (χ0) is 33.4. The molecule has 1 fully saturated rings. The maximum absolute atomic E-state index is 13.4. The molecule has 1 aliphatic heterocycles. The number of piperazine rings is 1. The number of aliphatic imine (C=N–C) groups is 3. The summed E-state index contributed by atoms with van der Waals surface area (Å²) < 4.78 is 19.6. The van der Waals surface area contributed by atoms with Crippen LogP contribution in [0.15, 0.2) is 68.5 Å². The number of carbonyl (C=O) groups excluding carboxylic acids is 1. The monoisotopic (exact) mass is 708 g/mol. The summed E-state index contributed by atoms with van der Waals surface area (Å²) in [6, 6.07) is 7.38. The van der Waals surface area contributed by atoms with Crippen LogP contribution in [0.2, 0.25) is 0 Å². The van der Waals surface area contributed by atoms with E-state index in [4.69, 9.17) is 21.2 Å². The second-order valence-electron chi connectivity index (χ2n) is 10.6. The fourth-order valence-electron chi connectivity index (χ4n) is 5.11. The molecule has 15 heteroatoms. The molecule has 0 saturated carbocycles. The van der Waals surface area contributed by atoms with Crippen molar-refractivity contribution in [2.45, 2.75) is 6.92 Å². The quantitative estimate of drug-likeness (QED) is 0.169. The molecule has 1 amide bonds. The van der Waals surface area contributed by atoms with E-state index in [9.17, 15) is 9.36 Å². The first-order valence-corrected chi connectivity index (χ1v) is 17.7. The van der Waals surface area contributed by atoms with Gasteiger partial charge in [0.2, 0.25) is 5.91 Å². The Morgan fingerprint density at radius 3 is 2.46 bits per heavy atom. The number of anilines is 2. The fourth-order valence-corrected chi connectivity index (χ4v) is 6.78. The van der Waals surface area contributed by atoms with Crippen LogP contribution in [-0.2, 0) is 9.36 Å². The normalized spacial score (nSPS) is 15.3. The summed E-state index contributed by atoms with van der Waals surface area (Å²) in [6.45, 7) is 7.43. The maximum Gasteiger partial charge on any atom is 0.219 e. The summed E-state index contributed by atoms with van der Waals surface area (Å²) in [6.07, 6.45) is 9.14. The molecule has 1 saturated heterocycles. The van der Waals surface area contributed by atoms with Gasteiger partial charge in [-0.2, -0.15) is 0 Å². The molecule has 1 aliphatic rings. The second kappa shape index (κ2) is 15.2. The molecular weight excluding hydrogens is 671 g/mol. The van der Waals surface area contributed by atoms with E-state index < -0.39 is 7.14 Å². The van der Waals surface area contributed by atoms with Gasteiger partial charge in [0, 0.05) is 94.0 Å². The number of halogens is 1. The largest absolute Gasteiger partial charge is 0.494 e. The van der Waals surface area contributed by atoms with Gasteiger partial charge in [-0.1, -0.05) is 0 Å². The third kappa shape index (κ3) is 7.80. The van der Waals surface area contributed by atoms with E-state index in [0.717, 1.165) is 17.6 Å². The first kappa shape index (κ1) is 34.3. The standard InChI is InChI=1S/C31H38BrN10O3P/c1-20(43)41-10-12-42(13-11-41)27-15-28(45-3)26(14-22(27)21(16-33)17-35-2)38-18-23(32)31(39-19-34)40-25-7-6-24-29(37-9-8-36-24)30(25)46(4,5)44/h6-9,14-19,38H,10-13,33H2,1-5H3,(H2,34,39,40). The van der Waals surface area contributed by atoms with Crippen LogP contribution in [0.25, 0.3) is 16.6 Å². The van der Waals surface area contributed by atoms with Crippen LogP contribution >= 0.6 is 23.1 Å². The van der Waals surface area contributed by atoms with E-state index in [-0.39, 0.29) is 11.7 Å². The van der Waals surface area contributed by atoms with Crippen LogP contribution in [0, 0.1) is 0 Å². The highest BCUT2D eigenvalue weighted by Crippen LogP contribution is 2.41. The predicted molar refractivity (Wildman–Crippen MR) is 193 cm³/mol. The highest BCUT2D eigenvalue weighted by molar-refractivity contribution is 9.12. The third-order valence-corrected chi connectivity index (χ3v) is 9.37. The highest BCUT2D eigenvalue weighted by atomic mass is 79.9. The number of rotatable bonds is 9.